The highest BCUT2D eigenvalue weighted by atomic mass is 19.4. The molecule has 0 saturated carbocycles. The summed E-state index contributed by atoms with van der Waals surface area (Å²) >= 11 is 0. The van der Waals surface area contributed by atoms with E-state index in [-0.39, 0.29) is 48.4 Å². The fourth-order valence-electron chi connectivity index (χ4n) is 5.09. The van der Waals surface area contributed by atoms with Gasteiger partial charge in [-0.3, -0.25) is 0 Å². The Morgan fingerprint density at radius 2 is 1.80 bits per heavy atom. The van der Waals surface area contributed by atoms with Gasteiger partial charge in [0.05, 0.1) is 30.6 Å². The molecule has 16 heteroatoms. The lowest BCUT2D eigenvalue weighted by Gasteiger charge is -2.36. The predicted octanol–water partition coefficient (Wildman–Crippen LogP) is 3.49. The summed E-state index contributed by atoms with van der Waals surface area (Å²) in [6, 6.07) is 1.40. The number of carbonyl (C=O) groups is 3. The van der Waals surface area contributed by atoms with Gasteiger partial charge in [0.15, 0.2) is 11.6 Å². The first-order valence-corrected chi connectivity index (χ1v) is 13.6. The minimum atomic E-state index is -4.46. The first-order valence-electron chi connectivity index (χ1n) is 13.6. The zero-order valence-electron chi connectivity index (χ0n) is 23.8. The van der Waals surface area contributed by atoms with Gasteiger partial charge >= 0.3 is 24.2 Å². The largest absolute Gasteiger partial charge is 0.466 e. The molecule has 238 valence electrons. The minimum absolute atomic E-state index is 0.00326. The number of piperidine rings is 1. The highest BCUT2D eigenvalue weighted by Gasteiger charge is 2.43. The highest BCUT2D eigenvalue weighted by molar-refractivity contribution is 6.01. The number of imide groups is 1. The summed E-state index contributed by atoms with van der Waals surface area (Å²) in [6.07, 6.45) is -2.12. The van der Waals surface area contributed by atoms with Crippen molar-refractivity contribution < 1.29 is 45.8 Å². The van der Waals surface area contributed by atoms with Gasteiger partial charge in [-0.2, -0.15) is 13.2 Å². The summed E-state index contributed by atoms with van der Waals surface area (Å²) in [7, 11) is 2.41. The number of amides is 4. The van der Waals surface area contributed by atoms with Crippen LogP contribution in [0.4, 0.5) is 37.4 Å². The Morgan fingerprint density at radius 1 is 1.07 bits per heavy atom. The molecule has 1 aromatic carbocycles. The maximum atomic E-state index is 14.2. The lowest BCUT2D eigenvalue weighted by atomic mass is 9.93. The number of nitrogens with one attached hydrogen (secondary N) is 3. The second-order valence-electron chi connectivity index (χ2n) is 10.0. The van der Waals surface area contributed by atoms with Gasteiger partial charge < -0.3 is 30.3 Å². The van der Waals surface area contributed by atoms with Crippen LogP contribution < -0.4 is 20.9 Å². The van der Waals surface area contributed by atoms with Crippen LogP contribution in [0.15, 0.2) is 47.8 Å². The molecule has 0 bridgehead atoms. The van der Waals surface area contributed by atoms with Crippen LogP contribution in [0.3, 0.4) is 0 Å². The Kier molecular flexibility index (Phi) is 10.4. The molecule has 1 atom stereocenters. The van der Waals surface area contributed by atoms with Gasteiger partial charge in [0, 0.05) is 45.5 Å². The van der Waals surface area contributed by atoms with Crippen molar-refractivity contribution >= 4 is 23.8 Å². The number of benzene rings is 1. The van der Waals surface area contributed by atoms with Gasteiger partial charge in [-0.25, -0.2) is 33.0 Å². The zero-order valence-corrected chi connectivity index (χ0v) is 23.8. The van der Waals surface area contributed by atoms with Crippen LogP contribution in [-0.2, 0) is 20.4 Å². The standard InChI is InChI=1S/C28H31F5N6O5/c1-43-15-21-23(25(40)44-2)24(16-3-4-19(29)20(30)13-16)39(27(42)37-21)26(41)36-10-9-34-18-6-11-38(12-7-18)22-14-17(5-8-35-22)28(31,32)33/h3-5,8,13-14,18,24,34H,6-7,9-12,15H2,1-2H3,(H,36,41)(H,37,42). The number of urea groups is 2. The van der Waals surface area contributed by atoms with E-state index in [1.807, 2.05) is 0 Å². The lowest BCUT2D eigenvalue weighted by molar-refractivity contribution is -0.138. The number of hydrogen-bond donors (Lipinski definition) is 3. The molecule has 2 aliphatic rings. The number of anilines is 1. The SMILES string of the molecule is COCC1=C(C(=O)OC)C(c2ccc(F)c(F)c2)N(C(=O)NCCNC2CCN(c3cc(C(F)(F)F)ccn3)CC2)C(=O)N1. The smallest absolute Gasteiger partial charge is 0.416 e. The molecular formula is C28H31F5N6O5. The van der Waals surface area contributed by atoms with Crippen LogP contribution in [0.2, 0.25) is 0 Å². The molecule has 1 unspecified atom stereocenters. The number of nitrogens with zero attached hydrogens (tertiary/aromatic N) is 3. The second-order valence-corrected chi connectivity index (χ2v) is 10.0. The van der Waals surface area contributed by atoms with E-state index < -0.39 is 47.4 Å². The molecular weight excluding hydrogens is 595 g/mol. The number of hydrogen-bond acceptors (Lipinski definition) is 8. The van der Waals surface area contributed by atoms with Crippen LogP contribution in [0, 0.1) is 11.6 Å². The maximum Gasteiger partial charge on any atom is 0.416 e. The van der Waals surface area contributed by atoms with E-state index >= 15 is 0 Å². The molecule has 3 heterocycles. The summed E-state index contributed by atoms with van der Waals surface area (Å²) in [5.74, 6) is -3.08. The summed E-state index contributed by atoms with van der Waals surface area (Å²) in [5.41, 5.74) is -1.02. The Hall–Kier alpha value is -4.31. The molecule has 1 saturated heterocycles. The lowest BCUT2D eigenvalue weighted by Crippen LogP contribution is -2.56. The van der Waals surface area contributed by atoms with Crippen molar-refractivity contribution in [2.24, 2.45) is 0 Å². The van der Waals surface area contributed by atoms with Gasteiger partial charge in [0.1, 0.15) is 11.9 Å². The summed E-state index contributed by atoms with van der Waals surface area (Å²) in [4.78, 5) is 45.7. The molecule has 4 rings (SSSR count). The molecule has 4 amide bonds. The molecule has 1 aromatic heterocycles. The molecule has 0 aliphatic carbocycles. The van der Waals surface area contributed by atoms with E-state index in [1.165, 1.54) is 7.11 Å². The Labute approximate surface area is 249 Å². The third-order valence-corrected chi connectivity index (χ3v) is 7.23. The number of carbonyl (C=O) groups excluding carboxylic acids is 3. The Morgan fingerprint density at radius 3 is 2.43 bits per heavy atom. The van der Waals surface area contributed by atoms with E-state index in [1.54, 1.807) is 4.90 Å². The van der Waals surface area contributed by atoms with Gasteiger partial charge in [-0.15, -0.1) is 0 Å². The number of esters is 1. The van der Waals surface area contributed by atoms with Crippen LogP contribution in [0.5, 0.6) is 0 Å². The van der Waals surface area contributed by atoms with Crippen molar-refractivity contribution in [3.8, 4) is 0 Å². The fourth-order valence-corrected chi connectivity index (χ4v) is 5.09. The van der Waals surface area contributed by atoms with E-state index in [2.05, 4.69) is 20.9 Å². The van der Waals surface area contributed by atoms with E-state index in [0.29, 0.717) is 30.8 Å². The number of ether oxygens (including phenoxy) is 2. The van der Waals surface area contributed by atoms with Crippen LogP contribution in [-0.4, -0.2) is 81.0 Å². The summed E-state index contributed by atoms with van der Waals surface area (Å²) in [5, 5.41) is 8.29. The third-order valence-electron chi connectivity index (χ3n) is 7.23. The summed E-state index contributed by atoms with van der Waals surface area (Å²) in [6.45, 7) is 1.02. The number of alkyl halides is 3. The molecule has 0 spiro atoms. The van der Waals surface area contributed by atoms with Crippen LogP contribution >= 0.6 is 0 Å². The zero-order chi connectivity index (χ0) is 32.0. The highest BCUT2D eigenvalue weighted by Crippen LogP contribution is 2.35. The fraction of sp³-hybridized carbons (Fsp3) is 0.429. The van der Waals surface area contributed by atoms with Crippen molar-refractivity contribution in [2.45, 2.75) is 31.1 Å². The average molecular weight is 627 g/mol. The third kappa shape index (κ3) is 7.42. The first kappa shape index (κ1) is 32.6. The number of halogens is 5. The average Bonchev–Trinajstić information content (AvgIpc) is 3.00. The van der Waals surface area contributed by atoms with E-state index in [4.69, 9.17) is 9.47 Å². The maximum absolute atomic E-state index is 14.2. The monoisotopic (exact) mass is 626 g/mol. The molecule has 44 heavy (non-hydrogen) atoms. The molecule has 2 aliphatic heterocycles. The molecule has 1 fully saturated rings. The van der Waals surface area contributed by atoms with Crippen molar-refractivity contribution in [1.29, 1.82) is 0 Å². The van der Waals surface area contributed by atoms with Crippen molar-refractivity contribution in [3.05, 3.63) is 70.6 Å². The topological polar surface area (TPSA) is 125 Å². The minimum Gasteiger partial charge on any atom is -0.466 e. The van der Waals surface area contributed by atoms with Crippen molar-refractivity contribution in [1.82, 2.24) is 25.8 Å². The van der Waals surface area contributed by atoms with E-state index in [0.717, 1.165) is 43.6 Å². The summed E-state index contributed by atoms with van der Waals surface area (Å²) < 4.78 is 77.0. The molecule has 0 radical (unpaired) electrons. The van der Waals surface area contributed by atoms with Crippen molar-refractivity contribution in [3.63, 3.8) is 0 Å². The number of rotatable bonds is 9. The molecule has 3 N–H and O–H groups in total. The second kappa shape index (κ2) is 14.0. The van der Waals surface area contributed by atoms with Crippen LogP contribution in [0.1, 0.15) is 30.0 Å². The quantitative estimate of drug-likeness (QED) is 0.220. The normalized spacial score (nSPS) is 17.9. The van der Waals surface area contributed by atoms with Crippen molar-refractivity contribution in [2.75, 3.05) is 51.9 Å². The Balaban J connectivity index is 1.39. The molecule has 11 nitrogen and oxygen atoms in total. The predicted molar refractivity (Wildman–Crippen MR) is 146 cm³/mol. The Bertz CT molecular complexity index is 1410. The number of pyridine rings is 1. The van der Waals surface area contributed by atoms with Gasteiger partial charge in [-0.1, -0.05) is 6.07 Å². The van der Waals surface area contributed by atoms with Crippen LogP contribution in [0.25, 0.3) is 0 Å². The number of methoxy groups -OCH3 is 2. The number of aromatic nitrogens is 1. The molecule has 2 aromatic rings. The van der Waals surface area contributed by atoms with Gasteiger partial charge in [-0.05, 0) is 42.7 Å². The first-order chi connectivity index (χ1) is 20.9. The van der Waals surface area contributed by atoms with E-state index in [9.17, 15) is 36.3 Å². The van der Waals surface area contributed by atoms with Gasteiger partial charge in [0.25, 0.3) is 0 Å². The van der Waals surface area contributed by atoms with Gasteiger partial charge in [0.2, 0.25) is 0 Å².